The van der Waals surface area contributed by atoms with Crippen LogP contribution < -0.4 is 15.0 Å². The summed E-state index contributed by atoms with van der Waals surface area (Å²) in [6.45, 7) is 0.982. The Morgan fingerprint density at radius 3 is 2.74 bits per heavy atom. The van der Waals surface area contributed by atoms with Gasteiger partial charge in [-0.2, -0.15) is 5.26 Å². The van der Waals surface area contributed by atoms with E-state index < -0.39 is 0 Å². The van der Waals surface area contributed by atoms with Crippen LogP contribution in [0.25, 0.3) is 0 Å². The molecule has 1 aliphatic heterocycles. The van der Waals surface area contributed by atoms with Crippen molar-refractivity contribution in [1.82, 2.24) is 5.32 Å². The Hall–Kier alpha value is -3.17. The summed E-state index contributed by atoms with van der Waals surface area (Å²) in [6, 6.07) is 14.5. The average Bonchev–Trinajstić information content (AvgIpc) is 3.24. The molecule has 3 rings (SSSR count). The average molecular weight is 362 g/mol. The molecule has 1 unspecified atom stereocenters. The highest BCUT2D eigenvalue weighted by molar-refractivity contribution is 6.09. The minimum atomic E-state index is -0.219. The van der Waals surface area contributed by atoms with Gasteiger partial charge in [0, 0.05) is 25.0 Å². The van der Waals surface area contributed by atoms with Gasteiger partial charge in [0.05, 0.1) is 30.0 Å². The molecular weight excluding hydrogens is 340 g/mol. The molecule has 0 radical (unpaired) electrons. The number of aliphatic imine (C=N–C) groups is 1. The van der Waals surface area contributed by atoms with Crippen LogP contribution in [0.4, 0.5) is 11.4 Å². The third kappa shape index (κ3) is 4.33. The fraction of sp³-hybridized carbons (Fsp3) is 0.286. The number of hydrogen-bond donors (Lipinski definition) is 1. The van der Waals surface area contributed by atoms with Crippen molar-refractivity contribution < 1.29 is 9.53 Å². The third-order valence-corrected chi connectivity index (χ3v) is 4.61. The zero-order chi connectivity index (χ0) is 19.2. The van der Waals surface area contributed by atoms with Crippen LogP contribution in [0.15, 0.2) is 47.5 Å². The van der Waals surface area contributed by atoms with E-state index in [9.17, 15) is 10.1 Å². The van der Waals surface area contributed by atoms with Crippen molar-refractivity contribution in [3.8, 4) is 11.8 Å². The Kier molecular flexibility index (Phi) is 5.84. The molecule has 0 aromatic heterocycles. The molecule has 2 aromatic carbocycles. The van der Waals surface area contributed by atoms with Crippen LogP contribution in [-0.2, 0) is 0 Å². The van der Waals surface area contributed by atoms with Crippen molar-refractivity contribution in [2.45, 2.75) is 18.9 Å². The van der Waals surface area contributed by atoms with Gasteiger partial charge < -0.3 is 15.0 Å². The molecule has 1 aliphatic rings. The van der Waals surface area contributed by atoms with E-state index in [0.717, 1.165) is 30.8 Å². The Bertz CT molecular complexity index is 878. The molecule has 0 aliphatic carbocycles. The zero-order valence-corrected chi connectivity index (χ0v) is 15.5. The van der Waals surface area contributed by atoms with Crippen molar-refractivity contribution >= 4 is 23.5 Å². The topological polar surface area (TPSA) is 77.7 Å². The number of nitrogens with zero attached hydrogens (tertiary/aromatic N) is 3. The van der Waals surface area contributed by atoms with Crippen LogP contribution in [0.2, 0.25) is 0 Å². The Labute approximate surface area is 159 Å². The van der Waals surface area contributed by atoms with Gasteiger partial charge >= 0.3 is 0 Å². The van der Waals surface area contributed by atoms with E-state index in [0.29, 0.717) is 16.8 Å². The number of amides is 1. The van der Waals surface area contributed by atoms with Gasteiger partial charge in [0.2, 0.25) is 0 Å². The van der Waals surface area contributed by atoms with E-state index in [1.807, 2.05) is 18.3 Å². The van der Waals surface area contributed by atoms with Crippen LogP contribution in [0, 0.1) is 11.3 Å². The normalized spacial score (nSPS) is 16.3. The molecule has 1 amide bonds. The van der Waals surface area contributed by atoms with Gasteiger partial charge in [-0.3, -0.25) is 9.79 Å². The quantitative estimate of drug-likeness (QED) is 0.828. The number of benzene rings is 2. The zero-order valence-electron chi connectivity index (χ0n) is 15.5. The molecule has 1 saturated heterocycles. The van der Waals surface area contributed by atoms with Crippen molar-refractivity contribution in [3.63, 3.8) is 0 Å². The predicted octanol–water partition coefficient (Wildman–Crippen LogP) is 3.30. The lowest BCUT2D eigenvalue weighted by Crippen LogP contribution is -2.26. The molecule has 1 fully saturated rings. The van der Waals surface area contributed by atoms with Crippen molar-refractivity contribution in [2.24, 2.45) is 4.99 Å². The molecule has 0 saturated carbocycles. The number of ether oxygens (including phenoxy) is 1. The number of hydrogen-bond acceptors (Lipinski definition) is 5. The van der Waals surface area contributed by atoms with Crippen LogP contribution >= 0.6 is 0 Å². The molecule has 138 valence electrons. The summed E-state index contributed by atoms with van der Waals surface area (Å²) in [5, 5.41) is 12.6. The number of carbonyl (C=O) groups is 1. The SMILES string of the molecule is COc1ccc(N(C)C(=O)c2cc(C#N)ccc2/N=C/C2CCCN2)cc1. The van der Waals surface area contributed by atoms with Crippen molar-refractivity contribution in [2.75, 3.05) is 25.6 Å². The van der Waals surface area contributed by atoms with E-state index in [4.69, 9.17) is 4.74 Å². The minimum Gasteiger partial charge on any atom is -0.497 e. The lowest BCUT2D eigenvalue weighted by molar-refractivity contribution is 0.0993. The molecular formula is C21H22N4O2. The van der Waals surface area contributed by atoms with E-state index in [1.165, 1.54) is 0 Å². The molecule has 0 bridgehead atoms. The van der Waals surface area contributed by atoms with Gasteiger partial charge in [-0.05, 0) is 61.9 Å². The van der Waals surface area contributed by atoms with Crippen LogP contribution in [-0.4, -0.2) is 38.9 Å². The summed E-state index contributed by atoms with van der Waals surface area (Å²) in [6.07, 6.45) is 4.00. The second-order valence-corrected chi connectivity index (χ2v) is 6.39. The van der Waals surface area contributed by atoms with Gasteiger partial charge in [-0.1, -0.05) is 0 Å². The van der Waals surface area contributed by atoms with Gasteiger partial charge in [0.25, 0.3) is 5.91 Å². The van der Waals surface area contributed by atoms with E-state index in [2.05, 4.69) is 16.4 Å². The summed E-state index contributed by atoms with van der Waals surface area (Å²) in [4.78, 5) is 19.1. The highest BCUT2D eigenvalue weighted by Gasteiger charge is 2.19. The standard InChI is InChI=1S/C21H22N4O2/c1-25(17-6-8-18(27-2)9-7-17)21(26)19-12-15(13-22)5-10-20(19)24-14-16-4-3-11-23-16/h5-10,12,14,16,23H,3-4,11H2,1-2H3/b24-14+. The Balaban J connectivity index is 1.89. The number of nitriles is 1. The van der Waals surface area contributed by atoms with Crippen LogP contribution in [0.5, 0.6) is 5.75 Å². The highest BCUT2D eigenvalue weighted by atomic mass is 16.5. The third-order valence-electron chi connectivity index (χ3n) is 4.61. The number of anilines is 1. The molecule has 1 heterocycles. The van der Waals surface area contributed by atoms with Gasteiger partial charge in [-0.25, -0.2) is 0 Å². The van der Waals surface area contributed by atoms with Gasteiger partial charge in [0.15, 0.2) is 0 Å². The van der Waals surface area contributed by atoms with E-state index >= 15 is 0 Å². The molecule has 27 heavy (non-hydrogen) atoms. The first-order valence-electron chi connectivity index (χ1n) is 8.86. The van der Waals surface area contributed by atoms with Gasteiger partial charge in [0.1, 0.15) is 5.75 Å². The number of rotatable bonds is 5. The van der Waals surface area contributed by atoms with E-state index in [1.54, 1.807) is 49.4 Å². The molecule has 2 aromatic rings. The second kappa shape index (κ2) is 8.47. The minimum absolute atomic E-state index is 0.219. The Morgan fingerprint density at radius 2 is 2.11 bits per heavy atom. The van der Waals surface area contributed by atoms with Crippen LogP contribution in [0.1, 0.15) is 28.8 Å². The summed E-state index contributed by atoms with van der Waals surface area (Å²) >= 11 is 0. The smallest absolute Gasteiger partial charge is 0.260 e. The summed E-state index contributed by atoms with van der Waals surface area (Å²) in [5.41, 5.74) is 2.13. The number of carbonyl (C=O) groups excluding carboxylic acids is 1. The molecule has 1 atom stereocenters. The summed E-state index contributed by atoms with van der Waals surface area (Å²) < 4.78 is 5.16. The van der Waals surface area contributed by atoms with Crippen molar-refractivity contribution in [3.05, 3.63) is 53.6 Å². The summed E-state index contributed by atoms with van der Waals surface area (Å²) in [5.74, 6) is 0.504. The fourth-order valence-corrected chi connectivity index (χ4v) is 3.00. The van der Waals surface area contributed by atoms with Gasteiger partial charge in [-0.15, -0.1) is 0 Å². The molecule has 0 spiro atoms. The number of methoxy groups -OCH3 is 1. The first kappa shape index (κ1) is 18.6. The maximum atomic E-state index is 13.1. The second-order valence-electron chi connectivity index (χ2n) is 6.39. The lowest BCUT2D eigenvalue weighted by Gasteiger charge is -2.19. The first-order chi connectivity index (χ1) is 13.1. The molecule has 6 heteroatoms. The largest absolute Gasteiger partial charge is 0.497 e. The van der Waals surface area contributed by atoms with E-state index in [-0.39, 0.29) is 11.9 Å². The summed E-state index contributed by atoms with van der Waals surface area (Å²) in [7, 11) is 3.30. The number of nitrogens with one attached hydrogen (secondary N) is 1. The lowest BCUT2D eigenvalue weighted by atomic mass is 10.1. The van der Waals surface area contributed by atoms with Crippen molar-refractivity contribution in [1.29, 1.82) is 5.26 Å². The molecule has 1 N–H and O–H groups in total. The first-order valence-corrected chi connectivity index (χ1v) is 8.86. The fourth-order valence-electron chi connectivity index (χ4n) is 3.00. The highest BCUT2D eigenvalue weighted by Crippen LogP contribution is 2.25. The Morgan fingerprint density at radius 1 is 1.33 bits per heavy atom. The van der Waals surface area contributed by atoms with Crippen LogP contribution in [0.3, 0.4) is 0 Å². The monoisotopic (exact) mass is 362 g/mol. The maximum Gasteiger partial charge on any atom is 0.260 e. The molecule has 6 nitrogen and oxygen atoms in total. The maximum absolute atomic E-state index is 13.1. The predicted molar refractivity (Wildman–Crippen MR) is 106 cm³/mol.